The van der Waals surface area contributed by atoms with E-state index < -0.39 is 10.1 Å². The van der Waals surface area contributed by atoms with Gasteiger partial charge in [-0.1, -0.05) is 6.08 Å². The van der Waals surface area contributed by atoms with E-state index in [-0.39, 0.29) is 27.4 Å². The van der Waals surface area contributed by atoms with Crippen molar-refractivity contribution in [1.82, 2.24) is 5.12 Å². The SMILES string of the molecule is [N-]=[N+]=C1CC=CC(N([N+](=O)[O-])[N+](=O)[O-])=C1Br. The van der Waals surface area contributed by atoms with E-state index in [2.05, 4.69) is 20.7 Å². The highest BCUT2D eigenvalue weighted by atomic mass is 79.9. The third-order valence-corrected chi connectivity index (χ3v) is 2.57. The van der Waals surface area contributed by atoms with Crippen molar-refractivity contribution in [2.45, 2.75) is 6.42 Å². The minimum absolute atomic E-state index is 0.00546. The van der Waals surface area contributed by atoms with Crippen molar-refractivity contribution in [3.63, 3.8) is 0 Å². The minimum Gasteiger partial charge on any atom is -0.361 e. The van der Waals surface area contributed by atoms with Crippen LogP contribution in [-0.4, -0.2) is 25.7 Å². The molecule has 1 aliphatic carbocycles. The largest absolute Gasteiger partial charge is 0.361 e. The lowest BCUT2D eigenvalue weighted by atomic mass is 10.1. The molecule has 0 fully saturated rings. The summed E-state index contributed by atoms with van der Waals surface area (Å²) in [5, 5.41) is 18.3. The summed E-state index contributed by atoms with van der Waals surface area (Å²) in [7, 11) is 0. The molecule has 0 heterocycles. The number of hydrogen-bond donors (Lipinski definition) is 0. The first-order valence-electron chi connectivity index (χ1n) is 3.85. The van der Waals surface area contributed by atoms with Gasteiger partial charge in [-0.25, -0.2) is 20.2 Å². The molecule has 0 saturated heterocycles. The predicted molar refractivity (Wildman–Crippen MR) is 54.2 cm³/mol. The maximum absolute atomic E-state index is 10.5. The van der Waals surface area contributed by atoms with Gasteiger partial charge >= 0.3 is 5.71 Å². The molecule has 1 aliphatic rings. The lowest BCUT2D eigenvalue weighted by molar-refractivity contribution is -0.895. The van der Waals surface area contributed by atoms with E-state index in [1.54, 1.807) is 0 Å². The van der Waals surface area contributed by atoms with Crippen LogP contribution in [0.3, 0.4) is 0 Å². The quantitative estimate of drug-likeness (QED) is 0.330. The zero-order valence-corrected chi connectivity index (χ0v) is 9.19. The van der Waals surface area contributed by atoms with E-state index in [1.165, 1.54) is 12.2 Å². The van der Waals surface area contributed by atoms with Gasteiger partial charge in [0.1, 0.15) is 4.48 Å². The predicted octanol–water partition coefficient (Wildman–Crippen LogP) is 0.909. The second-order valence-electron chi connectivity index (χ2n) is 2.62. The average molecular weight is 290 g/mol. The van der Waals surface area contributed by atoms with Gasteiger partial charge in [-0.15, -0.1) is 0 Å². The van der Waals surface area contributed by atoms with Crippen LogP contribution in [0.1, 0.15) is 6.42 Å². The van der Waals surface area contributed by atoms with Gasteiger partial charge in [0.05, 0.1) is 6.42 Å². The number of nitrogens with zero attached hydrogens (tertiary/aromatic N) is 5. The molecule has 0 aromatic rings. The topological polar surface area (TPSA) is 126 Å². The first-order valence-corrected chi connectivity index (χ1v) is 4.64. The molecule has 0 N–H and O–H groups in total. The third kappa shape index (κ3) is 2.12. The fraction of sp³-hybridized carbons (Fsp3) is 0.167. The Hall–Kier alpha value is -2.06. The van der Waals surface area contributed by atoms with E-state index in [1.807, 2.05) is 0 Å². The molecule has 0 spiro atoms. The first kappa shape index (κ1) is 12.0. The van der Waals surface area contributed by atoms with Gasteiger partial charge in [-0.2, -0.15) is 4.79 Å². The number of hydrazine groups is 2. The Kier molecular flexibility index (Phi) is 3.48. The summed E-state index contributed by atoms with van der Waals surface area (Å²) < 4.78 is 0.00546. The Morgan fingerprint density at radius 1 is 1.44 bits per heavy atom. The average Bonchev–Trinajstić information content (AvgIpc) is 2.20. The molecule has 0 aromatic carbocycles. The van der Waals surface area contributed by atoms with Crippen molar-refractivity contribution in [3.05, 3.63) is 48.1 Å². The minimum atomic E-state index is -1.18. The number of allylic oxidation sites excluding steroid dienone is 3. The van der Waals surface area contributed by atoms with Crippen LogP contribution in [-0.2, 0) is 0 Å². The van der Waals surface area contributed by atoms with Crippen LogP contribution in [0.5, 0.6) is 0 Å². The van der Waals surface area contributed by atoms with E-state index in [4.69, 9.17) is 5.53 Å². The van der Waals surface area contributed by atoms with Crippen molar-refractivity contribution in [2.24, 2.45) is 0 Å². The Balaban J connectivity index is 3.29. The van der Waals surface area contributed by atoms with Gasteiger partial charge in [-0.3, -0.25) is 0 Å². The van der Waals surface area contributed by atoms with Crippen LogP contribution >= 0.6 is 15.9 Å². The maximum atomic E-state index is 10.5. The molecule has 10 heteroatoms. The molecule has 0 aromatic heterocycles. The van der Waals surface area contributed by atoms with Gasteiger partial charge in [0.15, 0.2) is 0 Å². The van der Waals surface area contributed by atoms with Crippen LogP contribution in [0.2, 0.25) is 0 Å². The Labute approximate surface area is 96.6 Å². The highest BCUT2D eigenvalue weighted by molar-refractivity contribution is 9.12. The summed E-state index contributed by atoms with van der Waals surface area (Å²) in [5.41, 5.74) is 8.33. The van der Waals surface area contributed by atoms with Gasteiger partial charge < -0.3 is 5.53 Å². The Bertz CT molecular complexity index is 450. The molecule has 1 rings (SSSR count). The zero-order valence-electron chi connectivity index (χ0n) is 7.61. The van der Waals surface area contributed by atoms with Crippen molar-refractivity contribution < 1.29 is 14.9 Å². The molecule has 9 nitrogen and oxygen atoms in total. The standard InChI is InChI=1S/C6H4BrN5O4/c7-6-4(9-8)2-1-3-5(6)10(11(13)14)12(15)16/h1,3H,2H2. The monoisotopic (exact) mass is 289 g/mol. The molecule has 0 unspecified atom stereocenters. The van der Waals surface area contributed by atoms with Gasteiger partial charge in [0.25, 0.3) is 0 Å². The molecule has 0 radical (unpaired) electrons. The molecule has 0 aliphatic heterocycles. The van der Waals surface area contributed by atoms with Crippen molar-refractivity contribution in [3.8, 4) is 0 Å². The lowest BCUT2D eigenvalue weighted by Crippen LogP contribution is -2.35. The number of halogens is 1. The fourth-order valence-electron chi connectivity index (χ4n) is 1.07. The van der Waals surface area contributed by atoms with E-state index in [9.17, 15) is 20.2 Å². The molecular formula is C6H4BrN5O4. The summed E-state index contributed by atoms with van der Waals surface area (Å²) in [4.78, 5) is 23.8. The highest BCUT2D eigenvalue weighted by Gasteiger charge is 2.37. The van der Waals surface area contributed by atoms with Crippen LogP contribution in [0, 0.1) is 20.2 Å². The van der Waals surface area contributed by atoms with Crippen LogP contribution < -0.4 is 0 Å². The third-order valence-electron chi connectivity index (χ3n) is 1.71. The summed E-state index contributed by atoms with van der Waals surface area (Å²) in [5.74, 6) is 0. The molecule has 0 bridgehead atoms. The van der Waals surface area contributed by atoms with Crippen LogP contribution in [0.25, 0.3) is 5.53 Å². The molecule has 0 saturated carbocycles. The summed E-state index contributed by atoms with van der Waals surface area (Å²) in [6.45, 7) is 0. The smallest absolute Gasteiger partial charge is 0.312 e. The fourth-order valence-corrected chi connectivity index (χ4v) is 1.60. The van der Waals surface area contributed by atoms with Crippen molar-refractivity contribution in [1.29, 1.82) is 0 Å². The highest BCUT2D eigenvalue weighted by Crippen LogP contribution is 2.24. The van der Waals surface area contributed by atoms with Crippen LogP contribution in [0.4, 0.5) is 0 Å². The zero-order chi connectivity index (χ0) is 12.3. The van der Waals surface area contributed by atoms with Gasteiger partial charge in [0, 0.05) is 0 Å². The second kappa shape index (κ2) is 4.64. The van der Waals surface area contributed by atoms with Gasteiger partial charge in [0.2, 0.25) is 20.9 Å². The molecule has 84 valence electrons. The summed E-state index contributed by atoms with van der Waals surface area (Å²) >= 11 is 2.91. The Morgan fingerprint density at radius 3 is 2.44 bits per heavy atom. The van der Waals surface area contributed by atoms with Gasteiger partial charge in [-0.05, 0) is 22.0 Å². The summed E-state index contributed by atoms with van der Waals surface area (Å²) in [6, 6.07) is 0. The normalized spacial score (nSPS) is 14.7. The molecule has 0 atom stereocenters. The molecular weight excluding hydrogens is 286 g/mol. The Morgan fingerprint density at radius 2 is 2.00 bits per heavy atom. The lowest BCUT2D eigenvalue weighted by Gasteiger charge is -2.07. The number of rotatable bonds is 3. The van der Waals surface area contributed by atoms with E-state index >= 15 is 0 Å². The molecule has 16 heavy (non-hydrogen) atoms. The van der Waals surface area contributed by atoms with E-state index in [0.717, 1.165) is 0 Å². The van der Waals surface area contributed by atoms with Crippen LogP contribution in [0.15, 0.2) is 22.3 Å². The number of nitro groups is 2. The first-order chi connectivity index (χ1) is 7.49. The van der Waals surface area contributed by atoms with Crippen molar-refractivity contribution >= 4 is 21.6 Å². The van der Waals surface area contributed by atoms with E-state index in [0.29, 0.717) is 0 Å². The van der Waals surface area contributed by atoms with Crippen molar-refractivity contribution in [2.75, 3.05) is 0 Å². The maximum Gasteiger partial charge on any atom is 0.312 e. The second-order valence-corrected chi connectivity index (χ2v) is 3.41. The summed E-state index contributed by atoms with van der Waals surface area (Å²) in [6.07, 6.45) is 2.84. The molecule has 0 amide bonds. The number of hydrogen-bond acceptors (Lipinski definition) is 4.